The summed E-state index contributed by atoms with van der Waals surface area (Å²) in [5, 5.41) is 31.0. The lowest BCUT2D eigenvalue weighted by Crippen LogP contribution is -2.57. The summed E-state index contributed by atoms with van der Waals surface area (Å²) in [6.45, 7) is 5.43. The van der Waals surface area contributed by atoms with E-state index in [1.165, 1.54) is 8.61 Å². The highest BCUT2D eigenvalue weighted by Crippen LogP contribution is 2.34. The Morgan fingerprint density at radius 3 is 2.62 bits per heavy atom. The van der Waals surface area contributed by atoms with Crippen molar-refractivity contribution in [3.8, 4) is 0 Å². The second kappa shape index (κ2) is 10.0. The van der Waals surface area contributed by atoms with E-state index in [4.69, 9.17) is 15.8 Å². The molecule has 0 aromatic carbocycles. The molecule has 2 heterocycles. The van der Waals surface area contributed by atoms with Crippen LogP contribution in [0.15, 0.2) is 0 Å². The molecular formula is C17H35BN4O6S. The Bertz CT molecular complexity index is 658. The van der Waals surface area contributed by atoms with E-state index in [1.54, 1.807) is 0 Å². The number of nitrogens with one attached hydrogen (secondary N) is 1. The number of aliphatic carboxylic acids is 1. The maximum atomic E-state index is 13.5. The van der Waals surface area contributed by atoms with Crippen LogP contribution in [0.4, 0.5) is 0 Å². The first kappa shape index (κ1) is 24.5. The maximum Gasteiger partial charge on any atom is 0.451 e. The minimum Gasteiger partial charge on any atom is -0.480 e. The monoisotopic (exact) mass is 434 g/mol. The van der Waals surface area contributed by atoms with E-state index in [2.05, 4.69) is 5.32 Å². The molecule has 0 saturated carbocycles. The van der Waals surface area contributed by atoms with Crippen LogP contribution in [-0.2, 0) is 15.0 Å². The number of piperidine rings is 1. The van der Waals surface area contributed by atoms with Crippen LogP contribution in [0.25, 0.3) is 0 Å². The molecule has 29 heavy (non-hydrogen) atoms. The van der Waals surface area contributed by atoms with E-state index in [0.29, 0.717) is 25.9 Å². The summed E-state index contributed by atoms with van der Waals surface area (Å²) in [6.07, 6.45) is 2.40. The van der Waals surface area contributed by atoms with Crippen molar-refractivity contribution in [2.45, 2.75) is 57.4 Å². The van der Waals surface area contributed by atoms with E-state index in [0.717, 1.165) is 19.4 Å². The Hall–Kier alpha value is -0.755. The van der Waals surface area contributed by atoms with Gasteiger partial charge >= 0.3 is 13.1 Å². The minimum absolute atomic E-state index is 0.0153. The molecule has 0 radical (unpaired) electrons. The summed E-state index contributed by atoms with van der Waals surface area (Å²) in [6, 6.07) is -0.170. The molecule has 2 saturated heterocycles. The molecule has 2 rings (SSSR count). The van der Waals surface area contributed by atoms with E-state index in [1.807, 2.05) is 13.8 Å². The number of carbonyl (C=O) groups is 1. The molecule has 2 fully saturated rings. The summed E-state index contributed by atoms with van der Waals surface area (Å²) in [5.41, 5.74) is 4.48. The summed E-state index contributed by atoms with van der Waals surface area (Å²) >= 11 is 0. The lowest BCUT2D eigenvalue weighted by atomic mass is 9.78. The second-order valence-corrected chi connectivity index (χ2v) is 10.6. The maximum absolute atomic E-state index is 13.5. The van der Waals surface area contributed by atoms with Crippen molar-refractivity contribution < 1.29 is 28.4 Å². The van der Waals surface area contributed by atoms with Gasteiger partial charge in [0.2, 0.25) is 0 Å². The van der Waals surface area contributed by atoms with Crippen molar-refractivity contribution >= 4 is 23.3 Å². The van der Waals surface area contributed by atoms with Crippen LogP contribution in [0.2, 0.25) is 6.32 Å². The lowest BCUT2D eigenvalue weighted by Gasteiger charge is -2.37. The summed E-state index contributed by atoms with van der Waals surface area (Å²) < 4.78 is 29.7. The van der Waals surface area contributed by atoms with Gasteiger partial charge in [-0.15, -0.1) is 0 Å². The van der Waals surface area contributed by atoms with Gasteiger partial charge in [-0.3, -0.25) is 4.79 Å². The molecule has 0 aromatic rings. The predicted molar refractivity (Wildman–Crippen MR) is 110 cm³/mol. The SMILES string of the molecule is CC(C)CN(C1CCCNC1)S(=O)(=O)N1C[C@H](CCCB(O)O)[C@](N)(C(=O)O)C1. The number of carboxylic acid groups (broad SMARTS) is 1. The fraction of sp³-hybridized carbons (Fsp3) is 0.941. The van der Waals surface area contributed by atoms with Crippen LogP contribution in [-0.4, -0.2) is 89.6 Å². The van der Waals surface area contributed by atoms with Gasteiger partial charge in [0.15, 0.2) is 0 Å². The van der Waals surface area contributed by atoms with Crippen molar-refractivity contribution in [2.24, 2.45) is 17.6 Å². The quantitative estimate of drug-likeness (QED) is 0.272. The highest BCUT2D eigenvalue weighted by Gasteiger charge is 2.53. The van der Waals surface area contributed by atoms with Crippen molar-refractivity contribution in [2.75, 3.05) is 32.7 Å². The first-order chi connectivity index (χ1) is 13.5. The topological polar surface area (TPSA) is 156 Å². The van der Waals surface area contributed by atoms with Crippen LogP contribution in [0.5, 0.6) is 0 Å². The molecule has 3 atom stereocenters. The molecule has 1 unspecified atom stereocenters. The third-order valence-electron chi connectivity index (χ3n) is 5.85. The van der Waals surface area contributed by atoms with Crippen molar-refractivity contribution in [3.05, 3.63) is 0 Å². The standard InChI is InChI=1S/C17H35BN4O6S/c1-13(2)10-22(15-6-4-8-20-9-15)29(27,28)21-11-14(5-3-7-18(25)26)17(19,12-21)16(23)24/h13-15,20,25-26H,3-12,19H2,1-2H3,(H,23,24)/t14-,15?,17-/m0/s1. The molecule has 6 N–H and O–H groups in total. The number of nitrogens with zero attached hydrogens (tertiary/aromatic N) is 2. The van der Waals surface area contributed by atoms with Gasteiger partial charge in [0.1, 0.15) is 5.54 Å². The Kier molecular flexibility index (Phi) is 8.48. The molecule has 0 aliphatic carbocycles. The number of carboxylic acids is 1. The van der Waals surface area contributed by atoms with Gasteiger partial charge in [0.25, 0.3) is 10.2 Å². The van der Waals surface area contributed by atoms with Crippen LogP contribution >= 0.6 is 0 Å². The van der Waals surface area contributed by atoms with Crippen LogP contribution in [0.1, 0.15) is 39.5 Å². The zero-order chi connectivity index (χ0) is 21.8. The number of nitrogens with two attached hydrogens (primary N) is 1. The van der Waals surface area contributed by atoms with Gasteiger partial charge in [0, 0.05) is 38.1 Å². The van der Waals surface area contributed by atoms with Gasteiger partial charge < -0.3 is 26.2 Å². The molecule has 0 bridgehead atoms. The first-order valence-corrected chi connectivity index (χ1v) is 11.7. The van der Waals surface area contributed by atoms with Crippen molar-refractivity contribution in [1.29, 1.82) is 0 Å². The summed E-state index contributed by atoms with van der Waals surface area (Å²) in [4.78, 5) is 11.9. The van der Waals surface area contributed by atoms with E-state index < -0.39 is 34.8 Å². The fourth-order valence-corrected chi connectivity index (χ4v) is 6.31. The van der Waals surface area contributed by atoms with Crippen LogP contribution in [0.3, 0.4) is 0 Å². The highest BCUT2D eigenvalue weighted by atomic mass is 32.2. The fourth-order valence-electron chi connectivity index (χ4n) is 4.23. The van der Waals surface area contributed by atoms with Crippen molar-refractivity contribution in [1.82, 2.24) is 13.9 Å². The molecule has 168 valence electrons. The van der Waals surface area contributed by atoms with E-state index in [-0.39, 0.29) is 31.4 Å². The molecule has 2 aliphatic heterocycles. The summed E-state index contributed by atoms with van der Waals surface area (Å²) in [5.74, 6) is -1.71. The molecule has 10 nitrogen and oxygen atoms in total. The van der Waals surface area contributed by atoms with E-state index in [9.17, 15) is 18.3 Å². The third kappa shape index (κ3) is 5.90. The molecular weight excluding hydrogens is 399 g/mol. The highest BCUT2D eigenvalue weighted by molar-refractivity contribution is 7.86. The van der Waals surface area contributed by atoms with Gasteiger partial charge in [-0.05, 0) is 38.0 Å². The number of rotatable bonds is 10. The molecule has 2 aliphatic rings. The minimum atomic E-state index is -3.89. The Labute approximate surface area is 173 Å². The first-order valence-electron chi connectivity index (χ1n) is 10.3. The lowest BCUT2D eigenvalue weighted by molar-refractivity contribution is -0.144. The van der Waals surface area contributed by atoms with Crippen LogP contribution in [0, 0.1) is 11.8 Å². The largest absolute Gasteiger partial charge is 0.480 e. The van der Waals surface area contributed by atoms with Crippen LogP contribution < -0.4 is 11.1 Å². The van der Waals surface area contributed by atoms with Gasteiger partial charge in [-0.1, -0.05) is 20.3 Å². The predicted octanol–water partition coefficient (Wildman–Crippen LogP) is -1.09. The Balaban J connectivity index is 2.23. The molecule has 12 heteroatoms. The van der Waals surface area contributed by atoms with Gasteiger partial charge in [-0.2, -0.15) is 17.0 Å². The van der Waals surface area contributed by atoms with Gasteiger partial charge in [0.05, 0.1) is 0 Å². The van der Waals surface area contributed by atoms with E-state index >= 15 is 0 Å². The van der Waals surface area contributed by atoms with Gasteiger partial charge in [-0.25, -0.2) is 0 Å². The Morgan fingerprint density at radius 2 is 2.10 bits per heavy atom. The average Bonchev–Trinajstić information content (AvgIpc) is 2.99. The van der Waals surface area contributed by atoms with Crippen molar-refractivity contribution in [3.63, 3.8) is 0 Å². The molecule has 0 aromatic heterocycles. The number of hydrogen-bond donors (Lipinski definition) is 5. The zero-order valence-corrected chi connectivity index (χ0v) is 18.1. The third-order valence-corrected chi connectivity index (χ3v) is 7.82. The smallest absolute Gasteiger partial charge is 0.451 e. The average molecular weight is 434 g/mol. The summed E-state index contributed by atoms with van der Waals surface area (Å²) in [7, 11) is -5.37. The normalized spacial score (nSPS) is 28.9. The Morgan fingerprint density at radius 1 is 1.41 bits per heavy atom. The second-order valence-electron chi connectivity index (χ2n) is 8.72. The number of hydrogen-bond acceptors (Lipinski definition) is 7. The molecule has 0 amide bonds. The molecule has 0 spiro atoms. The zero-order valence-electron chi connectivity index (χ0n) is 17.3.